The van der Waals surface area contributed by atoms with Crippen LogP contribution in [0.3, 0.4) is 0 Å². The van der Waals surface area contributed by atoms with Crippen molar-refractivity contribution >= 4 is 5.91 Å². The van der Waals surface area contributed by atoms with E-state index in [0.717, 1.165) is 22.4 Å². The Morgan fingerprint density at radius 2 is 1.94 bits per heavy atom. The summed E-state index contributed by atoms with van der Waals surface area (Å²) in [5.41, 5.74) is 8.22. The summed E-state index contributed by atoms with van der Waals surface area (Å²) < 4.78 is 5.21. The third-order valence-electron chi connectivity index (χ3n) is 2.76. The molecule has 0 saturated heterocycles. The van der Waals surface area contributed by atoms with Crippen molar-refractivity contribution in [1.82, 2.24) is 0 Å². The van der Waals surface area contributed by atoms with E-state index < -0.39 is 0 Å². The molecule has 92 valence electrons. The summed E-state index contributed by atoms with van der Waals surface area (Å²) in [6.07, 6.45) is 0.243. The van der Waals surface area contributed by atoms with Gasteiger partial charge in [-0.15, -0.1) is 0 Å². The summed E-state index contributed by atoms with van der Waals surface area (Å²) in [7, 11) is 1.63. The van der Waals surface area contributed by atoms with Gasteiger partial charge in [-0.2, -0.15) is 0 Å². The number of rotatable bonds is 4. The number of carbonyl (C=O) groups excluding carboxylic acids is 1. The summed E-state index contributed by atoms with van der Waals surface area (Å²) >= 11 is 0. The highest BCUT2D eigenvalue weighted by Crippen LogP contribution is 2.27. The summed E-state index contributed by atoms with van der Waals surface area (Å²) in [4.78, 5) is 11.1. The first kappa shape index (κ1) is 12.2. The Balaban J connectivity index is 2.45. The van der Waals surface area contributed by atoms with Crippen LogP contribution in [0.1, 0.15) is 5.56 Å². The first-order valence-electron chi connectivity index (χ1n) is 5.71. The van der Waals surface area contributed by atoms with Crippen LogP contribution in [0.5, 0.6) is 5.75 Å². The topological polar surface area (TPSA) is 52.3 Å². The third kappa shape index (κ3) is 2.69. The van der Waals surface area contributed by atoms with Crippen LogP contribution in [-0.4, -0.2) is 13.0 Å². The third-order valence-corrected chi connectivity index (χ3v) is 2.76. The molecule has 2 N–H and O–H groups in total. The minimum absolute atomic E-state index is 0.243. The number of methoxy groups -OCH3 is 1. The molecular weight excluding hydrogens is 226 g/mol. The van der Waals surface area contributed by atoms with Crippen molar-refractivity contribution in [1.29, 1.82) is 0 Å². The molecule has 0 aliphatic rings. The number of benzene rings is 2. The van der Waals surface area contributed by atoms with E-state index in [4.69, 9.17) is 10.5 Å². The van der Waals surface area contributed by atoms with E-state index in [-0.39, 0.29) is 12.3 Å². The second-order valence-corrected chi connectivity index (χ2v) is 4.03. The van der Waals surface area contributed by atoms with E-state index in [2.05, 4.69) is 0 Å². The number of hydrogen-bond acceptors (Lipinski definition) is 2. The molecule has 0 aliphatic heterocycles. The van der Waals surface area contributed by atoms with Crippen molar-refractivity contribution in [2.75, 3.05) is 7.11 Å². The molecule has 3 nitrogen and oxygen atoms in total. The molecule has 0 saturated carbocycles. The van der Waals surface area contributed by atoms with E-state index in [0.29, 0.717) is 0 Å². The maximum atomic E-state index is 11.1. The summed E-state index contributed by atoms with van der Waals surface area (Å²) in [5.74, 6) is 0.465. The summed E-state index contributed by atoms with van der Waals surface area (Å²) in [6.45, 7) is 0. The quantitative estimate of drug-likeness (QED) is 0.893. The second kappa shape index (κ2) is 5.36. The van der Waals surface area contributed by atoms with Gasteiger partial charge in [-0.25, -0.2) is 0 Å². The monoisotopic (exact) mass is 241 g/mol. The van der Waals surface area contributed by atoms with Crippen LogP contribution in [0.4, 0.5) is 0 Å². The van der Waals surface area contributed by atoms with Gasteiger partial charge in [0.1, 0.15) is 5.75 Å². The molecule has 0 radical (unpaired) electrons. The Morgan fingerprint density at radius 3 is 2.67 bits per heavy atom. The molecule has 0 aliphatic carbocycles. The average Bonchev–Trinajstić information content (AvgIpc) is 2.39. The molecule has 2 rings (SSSR count). The molecule has 2 aromatic rings. The molecule has 0 bridgehead atoms. The van der Waals surface area contributed by atoms with Crippen LogP contribution in [-0.2, 0) is 11.2 Å². The molecular formula is C15H15NO2. The van der Waals surface area contributed by atoms with E-state index >= 15 is 0 Å². The highest BCUT2D eigenvalue weighted by molar-refractivity contribution is 5.80. The van der Waals surface area contributed by atoms with Crippen LogP contribution in [0.15, 0.2) is 48.5 Å². The molecule has 0 heterocycles. The van der Waals surface area contributed by atoms with Crippen LogP contribution in [0, 0.1) is 0 Å². The highest BCUT2D eigenvalue weighted by Gasteiger charge is 2.07. The fourth-order valence-electron chi connectivity index (χ4n) is 1.93. The Kier molecular flexibility index (Phi) is 3.63. The molecule has 0 aromatic heterocycles. The number of amides is 1. The Labute approximate surface area is 106 Å². The lowest BCUT2D eigenvalue weighted by Gasteiger charge is -2.09. The van der Waals surface area contributed by atoms with Gasteiger partial charge in [0.15, 0.2) is 0 Å². The average molecular weight is 241 g/mol. The van der Waals surface area contributed by atoms with Crippen LogP contribution >= 0.6 is 0 Å². The maximum absolute atomic E-state index is 11.1. The van der Waals surface area contributed by atoms with Gasteiger partial charge < -0.3 is 10.5 Å². The summed E-state index contributed by atoms with van der Waals surface area (Å²) in [6, 6.07) is 15.5. The van der Waals surface area contributed by atoms with Gasteiger partial charge in [-0.05, 0) is 28.8 Å². The smallest absolute Gasteiger partial charge is 0.221 e. The Morgan fingerprint density at radius 1 is 1.17 bits per heavy atom. The second-order valence-electron chi connectivity index (χ2n) is 4.03. The zero-order chi connectivity index (χ0) is 13.0. The van der Waals surface area contributed by atoms with E-state index in [1.54, 1.807) is 7.11 Å². The van der Waals surface area contributed by atoms with Gasteiger partial charge in [0.2, 0.25) is 5.91 Å². The van der Waals surface area contributed by atoms with Gasteiger partial charge >= 0.3 is 0 Å². The van der Waals surface area contributed by atoms with Gasteiger partial charge in [0.25, 0.3) is 0 Å². The predicted octanol–water partition coefficient (Wildman–Crippen LogP) is 2.39. The molecule has 0 unspecified atom stereocenters. The fraction of sp³-hybridized carbons (Fsp3) is 0.133. The standard InChI is InChI=1S/C15H15NO2/c1-18-13-7-4-6-11(9-13)14-8-3-2-5-12(14)10-15(16)17/h2-9H,10H2,1H3,(H2,16,17). The van der Waals surface area contributed by atoms with E-state index in [9.17, 15) is 4.79 Å². The zero-order valence-corrected chi connectivity index (χ0v) is 10.2. The lowest BCUT2D eigenvalue weighted by Crippen LogP contribution is -2.14. The van der Waals surface area contributed by atoms with Crippen molar-refractivity contribution in [2.45, 2.75) is 6.42 Å². The molecule has 0 spiro atoms. The van der Waals surface area contributed by atoms with Crippen LogP contribution in [0.2, 0.25) is 0 Å². The summed E-state index contributed by atoms with van der Waals surface area (Å²) in [5, 5.41) is 0. The Bertz CT molecular complexity index is 564. The van der Waals surface area contributed by atoms with Crippen LogP contribution < -0.4 is 10.5 Å². The first-order chi connectivity index (χ1) is 8.70. The SMILES string of the molecule is COc1cccc(-c2ccccc2CC(N)=O)c1. The molecule has 0 fully saturated rings. The number of nitrogens with two attached hydrogens (primary N) is 1. The lowest BCUT2D eigenvalue weighted by molar-refractivity contribution is -0.117. The van der Waals surface area contributed by atoms with Crippen molar-refractivity contribution in [3.05, 3.63) is 54.1 Å². The molecule has 1 amide bonds. The number of primary amides is 1. The van der Waals surface area contributed by atoms with Crippen molar-refractivity contribution in [2.24, 2.45) is 5.73 Å². The lowest BCUT2D eigenvalue weighted by atomic mass is 9.97. The first-order valence-corrected chi connectivity index (χ1v) is 5.71. The van der Waals surface area contributed by atoms with Crippen molar-refractivity contribution in [3.8, 4) is 16.9 Å². The fourth-order valence-corrected chi connectivity index (χ4v) is 1.93. The number of hydrogen-bond donors (Lipinski definition) is 1. The molecule has 2 aromatic carbocycles. The van der Waals surface area contributed by atoms with Crippen LogP contribution in [0.25, 0.3) is 11.1 Å². The van der Waals surface area contributed by atoms with Gasteiger partial charge in [0.05, 0.1) is 13.5 Å². The zero-order valence-electron chi connectivity index (χ0n) is 10.2. The van der Waals surface area contributed by atoms with Crippen molar-refractivity contribution < 1.29 is 9.53 Å². The van der Waals surface area contributed by atoms with Crippen molar-refractivity contribution in [3.63, 3.8) is 0 Å². The molecule has 18 heavy (non-hydrogen) atoms. The molecule has 3 heteroatoms. The van der Waals surface area contributed by atoms with E-state index in [1.165, 1.54) is 0 Å². The minimum Gasteiger partial charge on any atom is -0.497 e. The van der Waals surface area contributed by atoms with Gasteiger partial charge in [-0.3, -0.25) is 4.79 Å². The maximum Gasteiger partial charge on any atom is 0.221 e. The number of ether oxygens (including phenoxy) is 1. The van der Waals surface area contributed by atoms with E-state index in [1.807, 2.05) is 48.5 Å². The number of carbonyl (C=O) groups is 1. The Hall–Kier alpha value is -2.29. The highest BCUT2D eigenvalue weighted by atomic mass is 16.5. The largest absolute Gasteiger partial charge is 0.497 e. The predicted molar refractivity (Wildman–Crippen MR) is 71.3 cm³/mol. The van der Waals surface area contributed by atoms with Gasteiger partial charge in [-0.1, -0.05) is 36.4 Å². The molecule has 0 atom stereocenters. The minimum atomic E-state index is -0.328. The van der Waals surface area contributed by atoms with Gasteiger partial charge in [0, 0.05) is 0 Å². The normalized spacial score (nSPS) is 10.1.